The Balaban J connectivity index is 1.91. The fourth-order valence-electron chi connectivity index (χ4n) is 2.61. The van der Waals surface area contributed by atoms with Crippen molar-refractivity contribution in [2.45, 2.75) is 12.5 Å². The van der Waals surface area contributed by atoms with Crippen molar-refractivity contribution >= 4 is 17.6 Å². The molecule has 2 aliphatic rings. The smallest absolute Gasteiger partial charge is 0.331 e. The molecule has 2 aliphatic heterocycles. The SMILES string of the molecule is COc1cccc(N2C(=O)CC3COCCN3C2=O)c1. The van der Waals surface area contributed by atoms with Gasteiger partial charge in [0.25, 0.3) is 0 Å². The predicted molar refractivity (Wildman–Crippen MR) is 71.8 cm³/mol. The minimum Gasteiger partial charge on any atom is -0.497 e. The predicted octanol–water partition coefficient (Wildman–Crippen LogP) is 1.25. The van der Waals surface area contributed by atoms with E-state index in [0.29, 0.717) is 37.6 Å². The second-order valence-electron chi connectivity index (χ2n) is 4.84. The summed E-state index contributed by atoms with van der Waals surface area (Å²) in [5, 5.41) is 0. The molecule has 0 bridgehead atoms. The molecule has 0 aliphatic carbocycles. The first-order chi connectivity index (χ1) is 9.70. The van der Waals surface area contributed by atoms with Crippen molar-refractivity contribution in [3.05, 3.63) is 24.3 Å². The number of rotatable bonds is 2. The molecule has 0 N–H and O–H groups in total. The second kappa shape index (κ2) is 5.13. The van der Waals surface area contributed by atoms with Gasteiger partial charge in [0.05, 0.1) is 38.5 Å². The third kappa shape index (κ3) is 2.12. The van der Waals surface area contributed by atoms with Crippen molar-refractivity contribution in [3.8, 4) is 5.75 Å². The Morgan fingerprint density at radius 2 is 2.20 bits per heavy atom. The molecule has 2 saturated heterocycles. The van der Waals surface area contributed by atoms with Crippen molar-refractivity contribution in [3.63, 3.8) is 0 Å². The van der Waals surface area contributed by atoms with Crippen molar-refractivity contribution in [1.29, 1.82) is 0 Å². The highest BCUT2D eigenvalue weighted by Gasteiger charge is 2.41. The highest BCUT2D eigenvalue weighted by Crippen LogP contribution is 2.28. The Bertz CT molecular complexity index is 546. The summed E-state index contributed by atoms with van der Waals surface area (Å²) < 4.78 is 10.5. The Morgan fingerprint density at radius 3 is 3.00 bits per heavy atom. The van der Waals surface area contributed by atoms with E-state index in [4.69, 9.17) is 9.47 Å². The second-order valence-corrected chi connectivity index (χ2v) is 4.84. The molecule has 20 heavy (non-hydrogen) atoms. The van der Waals surface area contributed by atoms with E-state index in [0.717, 1.165) is 0 Å². The zero-order chi connectivity index (χ0) is 14.1. The van der Waals surface area contributed by atoms with Crippen LogP contribution in [0.1, 0.15) is 6.42 Å². The van der Waals surface area contributed by atoms with Gasteiger partial charge in [-0.05, 0) is 12.1 Å². The number of benzene rings is 1. The van der Waals surface area contributed by atoms with Crippen LogP contribution < -0.4 is 9.64 Å². The first-order valence-electron chi connectivity index (χ1n) is 6.56. The molecule has 2 fully saturated rings. The van der Waals surface area contributed by atoms with E-state index in [9.17, 15) is 9.59 Å². The number of urea groups is 1. The van der Waals surface area contributed by atoms with Crippen LogP contribution in [0.25, 0.3) is 0 Å². The van der Waals surface area contributed by atoms with E-state index in [1.54, 1.807) is 36.3 Å². The summed E-state index contributed by atoms with van der Waals surface area (Å²) in [6, 6.07) is 6.56. The molecule has 0 saturated carbocycles. The van der Waals surface area contributed by atoms with Gasteiger partial charge in [0.2, 0.25) is 5.91 Å². The molecule has 3 amide bonds. The van der Waals surface area contributed by atoms with Gasteiger partial charge in [-0.15, -0.1) is 0 Å². The molecule has 1 atom stereocenters. The first-order valence-corrected chi connectivity index (χ1v) is 6.56. The van der Waals surface area contributed by atoms with Crippen LogP contribution in [0.4, 0.5) is 10.5 Å². The summed E-state index contributed by atoms with van der Waals surface area (Å²) in [6.45, 7) is 1.48. The summed E-state index contributed by atoms with van der Waals surface area (Å²) in [5.74, 6) is 0.419. The lowest BCUT2D eigenvalue weighted by molar-refractivity contribution is -0.122. The largest absolute Gasteiger partial charge is 0.497 e. The van der Waals surface area contributed by atoms with Crippen molar-refractivity contribution in [1.82, 2.24) is 4.90 Å². The number of fused-ring (bicyclic) bond motifs is 1. The fourth-order valence-corrected chi connectivity index (χ4v) is 2.61. The molecule has 1 unspecified atom stereocenters. The molecule has 0 aromatic heterocycles. The van der Waals surface area contributed by atoms with Crippen LogP contribution in [0, 0.1) is 0 Å². The van der Waals surface area contributed by atoms with Crippen LogP contribution in [0.3, 0.4) is 0 Å². The quantitative estimate of drug-likeness (QED) is 0.815. The molecule has 106 valence electrons. The molecule has 0 spiro atoms. The van der Waals surface area contributed by atoms with Gasteiger partial charge >= 0.3 is 6.03 Å². The number of methoxy groups -OCH3 is 1. The summed E-state index contributed by atoms with van der Waals surface area (Å²) in [4.78, 5) is 27.7. The lowest BCUT2D eigenvalue weighted by atomic mass is 10.1. The zero-order valence-electron chi connectivity index (χ0n) is 11.2. The summed E-state index contributed by atoms with van der Waals surface area (Å²) in [5.41, 5.74) is 0.546. The third-order valence-electron chi connectivity index (χ3n) is 3.64. The Hall–Kier alpha value is -2.08. The standard InChI is InChI=1S/C14H16N2O4/c1-19-12-4-2-3-10(7-12)16-13(17)8-11-9-20-6-5-15(11)14(16)18/h2-4,7,11H,5-6,8-9H2,1H3. The molecular formula is C14H16N2O4. The lowest BCUT2D eigenvalue weighted by Gasteiger charge is -2.42. The van der Waals surface area contributed by atoms with E-state index in [-0.39, 0.29) is 18.0 Å². The molecule has 1 aromatic carbocycles. The number of carbonyl (C=O) groups excluding carboxylic acids is 2. The van der Waals surface area contributed by atoms with E-state index < -0.39 is 0 Å². The number of nitrogens with zero attached hydrogens (tertiary/aromatic N) is 2. The molecule has 3 rings (SSSR count). The molecule has 6 heteroatoms. The minimum absolute atomic E-state index is 0.134. The number of amides is 3. The monoisotopic (exact) mass is 276 g/mol. The van der Waals surface area contributed by atoms with Gasteiger partial charge in [-0.1, -0.05) is 6.07 Å². The van der Waals surface area contributed by atoms with E-state index in [1.165, 1.54) is 4.90 Å². The number of imide groups is 1. The Labute approximate surface area is 116 Å². The van der Waals surface area contributed by atoms with Gasteiger partial charge in [0.15, 0.2) is 0 Å². The van der Waals surface area contributed by atoms with Crippen molar-refractivity contribution in [2.24, 2.45) is 0 Å². The number of hydrogen-bond donors (Lipinski definition) is 0. The zero-order valence-corrected chi connectivity index (χ0v) is 11.2. The summed E-state index contributed by atoms with van der Waals surface area (Å²) in [6.07, 6.45) is 0.295. The maximum absolute atomic E-state index is 12.5. The highest BCUT2D eigenvalue weighted by atomic mass is 16.5. The number of hydrogen-bond acceptors (Lipinski definition) is 4. The van der Waals surface area contributed by atoms with Crippen LogP contribution in [-0.2, 0) is 9.53 Å². The van der Waals surface area contributed by atoms with Gasteiger partial charge in [-0.3, -0.25) is 4.79 Å². The van der Waals surface area contributed by atoms with Crippen molar-refractivity contribution in [2.75, 3.05) is 31.8 Å². The van der Waals surface area contributed by atoms with Crippen LogP contribution in [-0.4, -0.2) is 49.7 Å². The molecular weight excluding hydrogens is 260 g/mol. The third-order valence-corrected chi connectivity index (χ3v) is 3.64. The van der Waals surface area contributed by atoms with Gasteiger partial charge in [0.1, 0.15) is 5.75 Å². The highest BCUT2D eigenvalue weighted by molar-refractivity contribution is 6.16. The first kappa shape index (κ1) is 12.9. The average Bonchev–Trinajstić information content (AvgIpc) is 2.47. The van der Waals surface area contributed by atoms with Gasteiger partial charge < -0.3 is 14.4 Å². The van der Waals surface area contributed by atoms with Crippen LogP contribution in [0.5, 0.6) is 5.75 Å². The van der Waals surface area contributed by atoms with Gasteiger partial charge in [-0.2, -0.15) is 0 Å². The number of ether oxygens (including phenoxy) is 2. The lowest BCUT2D eigenvalue weighted by Crippen LogP contribution is -2.61. The van der Waals surface area contributed by atoms with Crippen LogP contribution in [0.2, 0.25) is 0 Å². The maximum atomic E-state index is 12.5. The van der Waals surface area contributed by atoms with Gasteiger partial charge in [0, 0.05) is 12.6 Å². The van der Waals surface area contributed by atoms with Crippen LogP contribution in [0.15, 0.2) is 24.3 Å². The maximum Gasteiger partial charge on any atom is 0.331 e. The van der Waals surface area contributed by atoms with E-state index >= 15 is 0 Å². The van der Waals surface area contributed by atoms with Crippen LogP contribution >= 0.6 is 0 Å². The Kier molecular flexibility index (Phi) is 3.31. The van der Waals surface area contributed by atoms with Gasteiger partial charge in [-0.25, -0.2) is 9.69 Å². The number of carbonyl (C=O) groups is 2. The molecule has 6 nitrogen and oxygen atoms in total. The average molecular weight is 276 g/mol. The van der Waals surface area contributed by atoms with Crippen molar-refractivity contribution < 1.29 is 19.1 Å². The topological polar surface area (TPSA) is 59.1 Å². The minimum atomic E-state index is -0.275. The fraction of sp³-hybridized carbons (Fsp3) is 0.429. The number of morpholine rings is 1. The normalized spacial score (nSPS) is 22.8. The molecule has 0 radical (unpaired) electrons. The Morgan fingerprint density at radius 1 is 1.35 bits per heavy atom. The molecule has 2 heterocycles. The van der Waals surface area contributed by atoms with E-state index in [2.05, 4.69) is 0 Å². The molecule has 1 aromatic rings. The van der Waals surface area contributed by atoms with E-state index in [1.807, 2.05) is 0 Å². The summed E-state index contributed by atoms with van der Waals surface area (Å²) in [7, 11) is 1.55. The number of anilines is 1. The summed E-state index contributed by atoms with van der Waals surface area (Å²) >= 11 is 0.